The van der Waals surface area contributed by atoms with Crippen LogP contribution in [-0.4, -0.2) is 31.0 Å². The summed E-state index contributed by atoms with van der Waals surface area (Å²) in [4.78, 5) is 12.0. The Morgan fingerprint density at radius 2 is 2.28 bits per heavy atom. The standard InChI is InChI=1S/C12H14Br2FNO2/c1-18-7-9(13)4-5-16-12(17)8-2-3-11(15)10(14)6-8/h2-3,6,9H,4-5,7H2,1H3,(H,16,17). The fourth-order valence-electron chi connectivity index (χ4n) is 1.35. The Morgan fingerprint density at radius 1 is 1.56 bits per heavy atom. The molecular weight excluding hydrogens is 369 g/mol. The quantitative estimate of drug-likeness (QED) is 0.767. The van der Waals surface area contributed by atoms with Gasteiger partial charge in [0.2, 0.25) is 0 Å². The number of methoxy groups -OCH3 is 1. The smallest absolute Gasteiger partial charge is 0.251 e. The van der Waals surface area contributed by atoms with E-state index in [1.807, 2.05) is 0 Å². The number of carbonyl (C=O) groups is 1. The molecule has 0 spiro atoms. The number of hydrogen-bond donors (Lipinski definition) is 1. The van der Waals surface area contributed by atoms with Gasteiger partial charge in [0, 0.05) is 24.0 Å². The highest BCUT2D eigenvalue weighted by Crippen LogP contribution is 2.16. The predicted molar refractivity (Wildman–Crippen MR) is 75.6 cm³/mol. The van der Waals surface area contributed by atoms with Crippen molar-refractivity contribution < 1.29 is 13.9 Å². The van der Waals surface area contributed by atoms with Crippen molar-refractivity contribution in [2.75, 3.05) is 20.3 Å². The first kappa shape index (κ1) is 15.6. The highest BCUT2D eigenvalue weighted by molar-refractivity contribution is 9.10. The number of alkyl halides is 1. The Hall–Kier alpha value is -0.460. The Bertz CT molecular complexity index is 415. The van der Waals surface area contributed by atoms with E-state index in [9.17, 15) is 9.18 Å². The zero-order chi connectivity index (χ0) is 13.5. The van der Waals surface area contributed by atoms with Crippen molar-refractivity contribution in [2.24, 2.45) is 0 Å². The van der Waals surface area contributed by atoms with Crippen molar-refractivity contribution in [2.45, 2.75) is 11.2 Å². The van der Waals surface area contributed by atoms with Gasteiger partial charge in [-0.15, -0.1) is 0 Å². The van der Waals surface area contributed by atoms with Gasteiger partial charge in [0.1, 0.15) is 5.82 Å². The molecule has 0 fully saturated rings. The SMILES string of the molecule is COCC(Br)CCNC(=O)c1ccc(F)c(Br)c1. The van der Waals surface area contributed by atoms with Crippen molar-refractivity contribution in [1.82, 2.24) is 5.32 Å². The maximum atomic E-state index is 13.0. The van der Waals surface area contributed by atoms with Crippen LogP contribution in [0, 0.1) is 5.82 Å². The van der Waals surface area contributed by atoms with Gasteiger partial charge in [-0.3, -0.25) is 4.79 Å². The van der Waals surface area contributed by atoms with Gasteiger partial charge in [-0.2, -0.15) is 0 Å². The number of halogens is 3. The summed E-state index contributed by atoms with van der Waals surface area (Å²) in [5.74, 6) is -0.597. The first-order chi connectivity index (χ1) is 8.54. The lowest BCUT2D eigenvalue weighted by atomic mass is 10.2. The van der Waals surface area contributed by atoms with Crippen LogP contribution < -0.4 is 5.32 Å². The average molecular weight is 383 g/mol. The molecule has 1 unspecified atom stereocenters. The summed E-state index contributed by atoms with van der Waals surface area (Å²) in [6.07, 6.45) is 0.766. The Morgan fingerprint density at radius 3 is 2.89 bits per heavy atom. The van der Waals surface area contributed by atoms with Crippen LogP contribution >= 0.6 is 31.9 Å². The minimum absolute atomic E-state index is 0.211. The van der Waals surface area contributed by atoms with E-state index in [0.717, 1.165) is 6.42 Å². The molecule has 100 valence electrons. The predicted octanol–water partition coefficient (Wildman–Crippen LogP) is 3.12. The summed E-state index contributed by atoms with van der Waals surface area (Å²) in [6, 6.07) is 4.18. The minimum Gasteiger partial charge on any atom is -0.384 e. The minimum atomic E-state index is -0.382. The molecule has 6 heteroatoms. The molecule has 1 aromatic rings. The summed E-state index contributed by atoms with van der Waals surface area (Å²) in [6.45, 7) is 1.13. The molecule has 1 N–H and O–H groups in total. The van der Waals surface area contributed by atoms with Crippen molar-refractivity contribution >= 4 is 37.8 Å². The van der Waals surface area contributed by atoms with Gasteiger partial charge < -0.3 is 10.1 Å². The molecule has 0 aliphatic heterocycles. The normalized spacial score (nSPS) is 12.2. The van der Waals surface area contributed by atoms with Gasteiger partial charge in [0.15, 0.2) is 0 Å². The second-order valence-corrected chi connectivity index (χ2v) is 5.88. The molecule has 0 bridgehead atoms. The van der Waals surface area contributed by atoms with Gasteiger partial charge in [-0.25, -0.2) is 4.39 Å². The van der Waals surface area contributed by atoms with Crippen LogP contribution in [0.3, 0.4) is 0 Å². The fourth-order valence-corrected chi connectivity index (χ4v) is 2.22. The molecule has 0 aliphatic rings. The van der Waals surface area contributed by atoms with Crippen LogP contribution in [0.15, 0.2) is 22.7 Å². The first-order valence-corrected chi connectivity index (χ1v) is 7.11. The second-order valence-electron chi connectivity index (χ2n) is 3.73. The van der Waals surface area contributed by atoms with Crippen LogP contribution in [0.2, 0.25) is 0 Å². The maximum Gasteiger partial charge on any atom is 0.251 e. The molecule has 1 rings (SSSR count). The molecule has 0 aliphatic carbocycles. The van der Waals surface area contributed by atoms with Crippen LogP contribution in [0.1, 0.15) is 16.8 Å². The molecule has 0 saturated heterocycles. The number of carbonyl (C=O) groups excluding carboxylic acids is 1. The summed E-state index contributed by atoms with van der Waals surface area (Å²) in [7, 11) is 1.63. The summed E-state index contributed by atoms with van der Waals surface area (Å²) in [5, 5.41) is 2.77. The zero-order valence-corrected chi connectivity index (χ0v) is 13.1. The van der Waals surface area contributed by atoms with E-state index < -0.39 is 0 Å². The Labute approximate surface area is 122 Å². The highest BCUT2D eigenvalue weighted by atomic mass is 79.9. The second kappa shape index (κ2) is 7.86. The van der Waals surface area contributed by atoms with Crippen LogP contribution in [0.4, 0.5) is 4.39 Å². The van der Waals surface area contributed by atoms with E-state index in [4.69, 9.17) is 4.74 Å². The number of nitrogens with one attached hydrogen (secondary N) is 1. The van der Waals surface area contributed by atoms with Crippen LogP contribution in [0.25, 0.3) is 0 Å². The molecule has 0 aromatic heterocycles. The monoisotopic (exact) mass is 381 g/mol. The van der Waals surface area contributed by atoms with E-state index >= 15 is 0 Å². The van der Waals surface area contributed by atoms with E-state index in [-0.39, 0.29) is 21.0 Å². The van der Waals surface area contributed by atoms with Crippen molar-refractivity contribution in [3.8, 4) is 0 Å². The third-order valence-electron chi connectivity index (χ3n) is 2.27. The number of hydrogen-bond acceptors (Lipinski definition) is 2. The lowest BCUT2D eigenvalue weighted by molar-refractivity contribution is 0.0952. The summed E-state index contributed by atoms with van der Waals surface area (Å²) < 4.78 is 18.3. The number of amides is 1. The van der Waals surface area contributed by atoms with Gasteiger partial charge in [-0.05, 0) is 40.5 Å². The molecule has 1 amide bonds. The van der Waals surface area contributed by atoms with Crippen molar-refractivity contribution in [3.05, 3.63) is 34.1 Å². The van der Waals surface area contributed by atoms with Crippen molar-refractivity contribution in [3.63, 3.8) is 0 Å². The third kappa shape index (κ3) is 5.04. The van der Waals surface area contributed by atoms with E-state index in [1.165, 1.54) is 18.2 Å². The molecule has 1 atom stereocenters. The zero-order valence-electron chi connectivity index (χ0n) is 9.88. The lowest BCUT2D eigenvalue weighted by Gasteiger charge is -2.09. The lowest BCUT2D eigenvalue weighted by Crippen LogP contribution is -2.26. The Kier molecular flexibility index (Phi) is 6.81. The fraction of sp³-hybridized carbons (Fsp3) is 0.417. The topological polar surface area (TPSA) is 38.3 Å². The number of ether oxygens (including phenoxy) is 1. The van der Waals surface area contributed by atoms with E-state index in [1.54, 1.807) is 7.11 Å². The highest BCUT2D eigenvalue weighted by Gasteiger charge is 2.09. The summed E-state index contributed by atoms with van der Waals surface area (Å²) >= 11 is 6.48. The van der Waals surface area contributed by atoms with Crippen molar-refractivity contribution in [1.29, 1.82) is 0 Å². The molecule has 3 nitrogen and oxygen atoms in total. The van der Waals surface area contributed by atoms with Crippen LogP contribution in [0.5, 0.6) is 0 Å². The van der Waals surface area contributed by atoms with E-state index in [0.29, 0.717) is 18.7 Å². The first-order valence-electron chi connectivity index (χ1n) is 5.41. The van der Waals surface area contributed by atoms with Crippen LogP contribution in [-0.2, 0) is 4.74 Å². The van der Waals surface area contributed by atoms with E-state index in [2.05, 4.69) is 37.2 Å². The maximum absolute atomic E-state index is 13.0. The van der Waals surface area contributed by atoms with Gasteiger partial charge in [0.25, 0.3) is 5.91 Å². The molecule has 18 heavy (non-hydrogen) atoms. The Balaban J connectivity index is 2.43. The molecule has 1 aromatic carbocycles. The van der Waals surface area contributed by atoms with Gasteiger partial charge in [-0.1, -0.05) is 15.9 Å². The molecule has 0 heterocycles. The average Bonchev–Trinajstić information content (AvgIpc) is 2.33. The van der Waals surface area contributed by atoms with Gasteiger partial charge in [0.05, 0.1) is 11.1 Å². The van der Waals surface area contributed by atoms with Gasteiger partial charge >= 0.3 is 0 Å². The number of benzene rings is 1. The molecular formula is C12H14Br2FNO2. The molecule has 0 radical (unpaired) electrons. The largest absolute Gasteiger partial charge is 0.384 e. The number of rotatable bonds is 6. The third-order valence-corrected chi connectivity index (χ3v) is 3.60. The summed E-state index contributed by atoms with van der Waals surface area (Å²) in [5.41, 5.74) is 0.432. The molecule has 0 saturated carbocycles.